The van der Waals surface area contributed by atoms with Crippen LogP contribution in [0.4, 0.5) is 14.9 Å². The first-order chi connectivity index (χ1) is 13.8. The molecule has 0 saturated carbocycles. The number of halogens is 2. The van der Waals surface area contributed by atoms with E-state index in [1.54, 1.807) is 31.2 Å². The zero-order chi connectivity index (χ0) is 20.8. The molecule has 0 bridgehead atoms. The molecule has 1 amide bonds. The molecule has 6 nitrogen and oxygen atoms in total. The maximum Gasteiger partial charge on any atom is 0.414 e. The number of carbonyl (C=O) groups is 1. The standard InChI is InChI=1S/C20H20ClFN2O4S/c1-13-17(21)3-2-4-19(13)29(26,27)23-9-7-16(8-10-23)24-18-6-5-15(22)11-14(18)12-28-20(24)25/h2-6,11,16H,7-10,12H2,1H3. The molecule has 29 heavy (non-hydrogen) atoms. The summed E-state index contributed by atoms with van der Waals surface area (Å²) in [7, 11) is -3.68. The first kappa shape index (κ1) is 20.1. The smallest absolute Gasteiger partial charge is 0.414 e. The van der Waals surface area contributed by atoms with E-state index in [0.29, 0.717) is 34.7 Å². The second kappa shape index (κ2) is 7.59. The van der Waals surface area contributed by atoms with Gasteiger partial charge in [0, 0.05) is 29.7 Å². The number of amides is 1. The fourth-order valence-corrected chi connectivity index (χ4v) is 5.85. The average molecular weight is 439 g/mol. The minimum Gasteiger partial charge on any atom is -0.444 e. The number of cyclic esters (lactones) is 1. The van der Waals surface area contributed by atoms with Crippen molar-refractivity contribution >= 4 is 33.4 Å². The van der Waals surface area contributed by atoms with Gasteiger partial charge in [-0.2, -0.15) is 4.31 Å². The fourth-order valence-electron chi connectivity index (χ4n) is 3.90. The molecule has 0 aromatic heterocycles. The second-order valence-electron chi connectivity index (χ2n) is 7.20. The van der Waals surface area contributed by atoms with Crippen LogP contribution in [-0.2, 0) is 21.4 Å². The summed E-state index contributed by atoms with van der Waals surface area (Å²) < 4.78 is 46.3. The third-order valence-electron chi connectivity index (χ3n) is 5.47. The van der Waals surface area contributed by atoms with Crippen molar-refractivity contribution in [1.29, 1.82) is 0 Å². The van der Waals surface area contributed by atoms with Gasteiger partial charge in [-0.25, -0.2) is 17.6 Å². The molecule has 0 spiro atoms. The summed E-state index contributed by atoms with van der Waals surface area (Å²) in [5.41, 5.74) is 1.75. The van der Waals surface area contributed by atoms with E-state index in [4.69, 9.17) is 16.3 Å². The Labute approximate surface area is 173 Å². The van der Waals surface area contributed by atoms with Crippen LogP contribution in [0.1, 0.15) is 24.0 Å². The van der Waals surface area contributed by atoms with E-state index in [9.17, 15) is 17.6 Å². The van der Waals surface area contributed by atoms with Crippen molar-refractivity contribution in [2.75, 3.05) is 18.0 Å². The molecule has 2 aromatic carbocycles. The predicted molar refractivity (Wildman–Crippen MR) is 107 cm³/mol. The van der Waals surface area contributed by atoms with Crippen LogP contribution >= 0.6 is 11.6 Å². The van der Waals surface area contributed by atoms with Gasteiger partial charge in [-0.05, 0) is 55.7 Å². The molecule has 9 heteroatoms. The Morgan fingerprint density at radius 1 is 1.17 bits per heavy atom. The highest BCUT2D eigenvalue weighted by Crippen LogP contribution is 2.34. The maximum atomic E-state index is 13.5. The predicted octanol–water partition coefficient (Wildman–Crippen LogP) is 4.10. The summed E-state index contributed by atoms with van der Waals surface area (Å²) in [6.45, 7) is 2.24. The molecule has 2 heterocycles. The number of hydrogen-bond acceptors (Lipinski definition) is 4. The van der Waals surface area contributed by atoms with Crippen molar-refractivity contribution in [2.45, 2.75) is 37.3 Å². The SMILES string of the molecule is Cc1c(Cl)cccc1S(=O)(=O)N1CCC(N2C(=O)OCc3cc(F)ccc32)CC1. The van der Waals surface area contributed by atoms with Crippen LogP contribution in [0, 0.1) is 12.7 Å². The summed E-state index contributed by atoms with van der Waals surface area (Å²) in [5, 5.41) is 0.404. The molecule has 4 rings (SSSR count). The molecular weight excluding hydrogens is 419 g/mol. The Kier molecular flexibility index (Phi) is 5.27. The van der Waals surface area contributed by atoms with Gasteiger partial charge in [0.15, 0.2) is 0 Å². The van der Waals surface area contributed by atoms with Gasteiger partial charge >= 0.3 is 6.09 Å². The molecule has 2 aromatic rings. The summed E-state index contributed by atoms with van der Waals surface area (Å²) >= 11 is 6.09. The number of carbonyl (C=O) groups excluding carboxylic acids is 1. The lowest BCUT2D eigenvalue weighted by Crippen LogP contribution is -2.50. The fraction of sp³-hybridized carbons (Fsp3) is 0.350. The zero-order valence-electron chi connectivity index (χ0n) is 15.8. The van der Waals surface area contributed by atoms with Gasteiger partial charge in [-0.3, -0.25) is 4.90 Å². The Morgan fingerprint density at radius 2 is 1.90 bits per heavy atom. The van der Waals surface area contributed by atoms with Gasteiger partial charge in [0.1, 0.15) is 12.4 Å². The lowest BCUT2D eigenvalue weighted by molar-refractivity contribution is 0.135. The summed E-state index contributed by atoms with van der Waals surface area (Å²) in [4.78, 5) is 14.1. The molecule has 2 aliphatic heterocycles. The van der Waals surface area contributed by atoms with Crippen LogP contribution < -0.4 is 4.90 Å². The number of hydrogen-bond donors (Lipinski definition) is 0. The first-order valence-electron chi connectivity index (χ1n) is 9.28. The number of sulfonamides is 1. The van der Waals surface area contributed by atoms with E-state index < -0.39 is 16.1 Å². The van der Waals surface area contributed by atoms with E-state index in [1.807, 2.05) is 0 Å². The highest BCUT2D eigenvalue weighted by atomic mass is 35.5. The summed E-state index contributed by atoms with van der Waals surface area (Å²) in [6.07, 6.45) is 0.409. The van der Waals surface area contributed by atoms with Crippen molar-refractivity contribution < 1.29 is 22.3 Å². The Morgan fingerprint density at radius 3 is 2.62 bits per heavy atom. The molecular formula is C20H20ClFN2O4S. The Balaban J connectivity index is 1.54. The number of nitrogens with zero attached hydrogens (tertiary/aromatic N) is 2. The Bertz CT molecular complexity index is 1070. The average Bonchev–Trinajstić information content (AvgIpc) is 2.70. The van der Waals surface area contributed by atoms with Crippen molar-refractivity contribution in [2.24, 2.45) is 0 Å². The molecule has 0 aliphatic carbocycles. The van der Waals surface area contributed by atoms with Crippen molar-refractivity contribution in [3.63, 3.8) is 0 Å². The lowest BCUT2D eigenvalue weighted by Gasteiger charge is -2.39. The topological polar surface area (TPSA) is 66.9 Å². The van der Waals surface area contributed by atoms with Gasteiger partial charge in [0.2, 0.25) is 10.0 Å². The number of benzene rings is 2. The van der Waals surface area contributed by atoms with Gasteiger partial charge in [0.05, 0.1) is 10.6 Å². The number of ether oxygens (including phenoxy) is 1. The third kappa shape index (κ3) is 3.60. The van der Waals surface area contributed by atoms with Gasteiger partial charge in [0.25, 0.3) is 0 Å². The summed E-state index contributed by atoms with van der Waals surface area (Å²) in [6, 6.07) is 8.85. The normalized spacial score (nSPS) is 18.4. The molecule has 0 N–H and O–H groups in total. The minimum absolute atomic E-state index is 0.0314. The van der Waals surface area contributed by atoms with Gasteiger partial charge < -0.3 is 4.74 Å². The second-order valence-corrected chi connectivity index (χ2v) is 9.51. The molecule has 0 radical (unpaired) electrons. The largest absolute Gasteiger partial charge is 0.444 e. The highest BCUT2D eigenvalue weighted by molar-refractivity contribution is 7.89. The first-order valence-corrected chi connectivity index (χ1v) is 11.1. The summed E-state index contributed by atoms with van der Waals surface area (Å²) in [5.74, 6) is -0.389. The zero-order valence-corrected chi connectivity index (χ0v) is 17.3. The molecule has 2 aliphatic rings. The third-order valence-corrected chi connectivity index (χ3v) is 7.93. The van der Waals surface area contributed by atoms with Gasteiger partial charge in [-0.15, -0.1) is 0 Å². The van der Waals surface area contributed by atoms with E-state index in [-0.39, 0.29) is 36.5 Å². The van der Waals surface area contributed by atoms with E-state index >= 15 is 0 Å². The Hall–Kier alpha value is -2.16. The molecule has 1 fully saturated rings. The van der Waals surface area contributed by atoms with Crippen molar-refractivity contribution in [3.8, 4) is 0 Å². The van der Waals surface area contributed by atoms with Crippen LogP contribution in [0.25, 0.3) is 0 Å². The molecule has 154 valence electrons. The van der Waals surface area contributed by atoms with Gasteiger partial charge in [-0.1, -0.05) is 17.7 Å². The molecule has 1 saturated heterocycles. The quantitative estimate of drug-likeness (QED) is 0.723. The highest BCUT2D eigenvalue weighted by Gasteiger charge is 2.37. The number of piperidine rings is 1. The van der Waals surface area contributed by atoms with E-state index in [2.05, 4.69) is 0 Å². The van der Waals surface area contributed by atoms with Crippen LogP contribution in [0.15, 0.2) is 41.3 Å². The number of anilines is 1. The molecule has 0 unspecified atom stereocenters. The van der Waals surface area contributed by atoms with Crippen LogP contribution in [0.5, 0.6) is 0 Å². The van der Waals surface area contributed by atoms with Crippen molar-refractivity contribution in [3.05, 3.63) is 58.4 Å². The van der Waals surface area contributed by atoms with Crippen LogP contribution in [0.2, 0.25) is 5.02 Å². The molecule has 0 atom stereocenters. The number of fused-ring (bicyclic) bond motifs is 1. The lowest BCUT2D eigenvalue weighted by atomic mass is 10.0. The van der Waals surface area contributed by atoms with Crippen LogP contribution in [-0.4, -0.2) is 37.9 Å². The monoisotopic (exact) mass is 438 g/mol. The van der Waals surface area contributed by atoms with E-state index in [1.165, 1.54) is 21.3 Å². The van der Waals surface area contributed by atoms with E-state index in [0.717, 1.165) is 0 Å². The minimum atomic E-state index is -3.68. The van der Waals surface area contributed by atoms with Crippen molar-refractivity contribution in [1.82, 2.24) is 4.31 Å². The number of rotatable bonds is 3. The van der Waals surface area contributed by atoms with Crippen LogP contribution in [0.3, 0.4) is 0 Å². The maximum absolute atomic E-state index is 13.5.